The van der Waals surface area contributed by atoms with Crippen LogP contribution < -0.4 is 5.32 Å². The summed E-state index contributed by atoms with van der Waals surface area (Å²) >= 11 is 8.93. The van der Waals surface area contributed by atoms with Gasteiger partial charge in [-0.2, -0.15) is 0 Å². The number of thiophene rings is 1. The normalized spacial score (nSPS) is 10.6. The number of halogens is 1. The summed E-state index contributed by atoms with van der Waals surface area (Å²) in [6.07, 6.45) is 0.723. The molecule has 3 aromatic rings. The van der Waals surface area contributed by atoms with Crippen LogP contribution in [0.4, 0.5) is 0 Å². The highest BCUT2D eigenvalue weighted by Crippen LogP contribution is 2.25. The van der Waals surface area contributed by atoms with E-state index in [0.29, 0.717) is 6.54 Å². The van der Waals surface area contributed by atoms with Crippen LogP contribution in [0.2, 0.25) is 5.02 Å². The van der Waals surface area contributed by atoms with Gasteiger partial charge >= 0.3 is 0 Å². The van der Waals surface area contributed by atoms with Gasteiger partial charge in [-0.1, -0.05) is 29.8 Å². The van der Waals surface area contributed by atoms with Crippen molar-refractivity contribution in [1.29, 1.82) is 0 Å². The molecule has 0 bridgehead atoms. The Labute approximate surface area is 141 Å². The Kier molecular flexibility index (Phi) is 4.87. The summed E-state index contributed by atoms with van der Waals surface area (Å²) in [5.74, 6) is -0.0249. The lowest BCUT2D eigenvalue weighted by molar-refractivity contribution is 0.0958. The van der Waals surface area contributed by atoms with Crippen molar-refractivity contribution in [3.8, 4) is 10.6 Å². The second-order valence-corrected chi connectivity index (χ2v) is 6.88. The third-order valence-corrected chi connectivity index (χ3v) is 5.12. The number of nitrogens with one attached hydrogen (secondary N) is 1. The monoisotopic (exact) mass is 348 g/mol. The van der Waals surface area contributed by atoms with Crippen LogP contribution in [0.3, 0.4) is 0 Å². The topological polar surface area (TPSA) is 42.0 Å². The number of hydrogen-bond acceptors (Lipinski definition) is 4. The molecule has 0 spiro atoms. The molecule has 0 aliphatic rings. The van der Waals surface area contributed by atoms with Gasteiger partial charge in [0, 0.05) is 28.9 Å². The van der Waals surface area contributed by atoms with Gasteiger partial charge in [0.1, 0.15) is 5.01 Å². The maximum absolute atomic E-state index is 11.8. The number of carbonyl (C=O) groups excluding carboxylic acids is 1. The van der Waals surface area contributed by atoms with Crippen LogP contribution in [0.25, 0.3) is 10.6 Å². The number of hydrogen-bond donors (Lipinski definition) is 1. The molecule has 0 radical (unpaired) electrons. The lowest BCUT2D eigenvalue weighted by Crippen LogP contribution is -2.24. The fourth-order valence-corrected chi connectivity index (χ4v) is 3.57. The van der Waals surface area contributed by atoms with E-state index in [4.69, 9.17) is 11.6 Å². The van der Waals surface area contributed by atoms with E-state index in [9.17, 15) is 4.79 Å². The molecule has 1 aromatic carbocycles. The molecule has 2 heterocycles. The summed E-state index contributed by atoms with van der Waals surface area (Å²) < 4.78 is 0. The highest BCUT2D eigenvalue weighted by molar-refractivity contribution is 7.13. The standard InChI is InChI=1S/C16H13ClN2OS2/c17-12-5-3-11(4-6-12)16-19-13(10-22-16)7-8-18-15(20)14-2-1-9-21-14/h1-6,9-10H,7-8H2,(H,18,20). The second kappa shape index (κ2) is 7.05. The van der Waals surface area contributed by atoms with Crippen molar-refractivity contribution >= 4 is 40.2 Å². The van der Waals surface area contributed by atoms with Crippen molar-refractivity contribution in [2.24, 2.45) is 0 Å². The fraction of sp³-hybridized carbons (Fsp3) is 0.125. The van der Waals surface area contributed by atoms with Gasteiger partial charge in [0.25, 0.3) is 5.91 Å². The zero-order valence-corrected chi connectivity index (χ0v) is 14.0. The van der Waals surface area contributed by atoms with Crippen LogP contribution >= 0.6 is 34.3 Å². The van der Waals surface area contributed by atoms with E-state index in [1.165, 1.54) is 11.3 Å². The molecule has 1 amide bonds. The maximum Gasteiger partial charge on any atom is 0.261 e. The number of aromatic nitrogens is 1. The molecule has 1 N–H and O–H groups in total. The minimum atomic E-state index is -0.0249. The molecule has 0 saturated heterocycles. The average Bonchev–Trinajstić information content (AvgIpc) is 3.19. The van der Waals surface area contributed by atoms with E-state index in [1.807, 2.05) is 47.2 Å². The number of thiazole rings is 1. The molecule has 0 aliphatic heterocycles. The Morgan fingerprint density at radius 2 is 2.00 bits per heavy atom. The quantitative estimate of drug-likeness (QED) is 0.737. The number of carbonyl (C=O) groups is 1. The van der Waals surface area contributed by atoms with Crippen LogP contribution in [0, 0.1) is 0 Å². The van der Waals surface area contributed by atoms with E-state index >= 15 is 0 Å². The molecule has 6 heteroatoms. The fourth-order valence-electron chi connectivity index (χ4n) is 1.95. The first-order valence-electron chi connectivity index (χ1n) is 6.74. The van der Waals surface area contributed by atoms with Gasteiger partial charge in [0.15, 0.2) is 0 Å². The molecule has 112 valence electrons. The van der Waals surface area contributed by atoms with Gasteiger partial charge in [-0.25, -0.2) is 4.98 Å². The summed E-state index contributed by atoms with van der Waals surface area (Å²) in [7, 11) is 0. The molecule has 0 fully saturated rings. The van der Waals surface area contributed by atoms with Crippen molar-refractivity contribution in [3.63, 3.8) is 0 Å². The summed E-state index contributed by atoms with van der Waals surface area (Å²) in [6.45, 7) is 0.584. The molecular weight excluding hydrogens is 336 g/mol. The lowest BCUT2D eigenvalue weighted by atomic mass is 10.2. The summed E-state index contributed by atoms with van der Waals surface area (Å²) in [4.78, 5) is 17.2. The molecule has 22 heavy (non-hydrogen) atoms. The van der Waals surface area contributed by atoms with Gasteiger partial charge in [0.05, 0.1) is 10.6 Å². The Hall–Kier alpha value is -1.69. The Morgan fingerprint density at radius 3 is 2.73 bits per heavy atom. The van der Waals surface area contributed by atoms with Gasteiger partial charge in [-0.15, -0.1) is 22.7 Å². The largest absolute Gasteiger partial charge is 0.351 e. The first-order valence-corrected chi connectivity index (χ1v) is 8.88. The molecule has 3 rings (SSSR count). The first-order chi connectivity index (χ1) is 10.7. The van der Waals surface area contributed by atoms with Gasteiger partial charge in [-0.3, -0.25) is 4.79 Å². The highest BCUT2D eigenvalue weighted by atomic mass is 35.5. The van der Waals surface area contributed by atoms with Crippen LogP contribution in [0.15, 0.2) is 47.2 Å². The molecule has 3 nitrogen and oxygen atoms in total. The van der Waals surface area contributed by atoms with Crippen LogP contribution in [0.5, 0.6) is 0 Å². The third-order valence-electron chi connectivity index (χ3n) is 3.05. The predicted octanol–water partition coefficient (Wildman–Crippen LogP) is 4.50. The number of nitrogens with zero attached hydrogens (tertiary/aromatic N) is 1. The molecule has 0 unspecified atom stereocenters. The maximum atomic E-state index is 11.8. The average molecular weight is 349 g/mol. The summed E-state index contributed by atoms with van der Waals surface area (Å²) in [6, 6.07) is 11.3. The van der Waals surface area contributed by atoms with E-state index < -0.39 is 0 Å². The van der Waals surface area contributed by atoms with E-state index in [0.717, 1.165) is 32.6 Å². The van der Waals surface area contributed by atoms with Crippen LogP contribution in [0.1, 0.15) is 15.4 Å². The van der Waals surface area contributed by atoms with Crippen molar-refractivity contribution in [2.75, 3.05) is 6.54 Å². The van der Waals surface area contributed by atoms with E-state index in [-0.39, 0.29) is 5.91 Å². The van der Waals surface area contributed by atoms with Crippen molar-refractivity contribution in [2.45, 2.75) is 6.42 Å². The van der Waals surface area contributed by atoms with E-state index in [2.05, 4.69) is 10.3 Å². The highest BCUT2D eigenvalue weighted by Gasteiger charge is 2.07. The number of rotatable bonds is 5. The van der Waals surface area contributed by atoms with Crippen LogP contribution in [-0.4, -0.2) is 17.4 Å². The lowest BCUT2D eigenvalue weighted by Gasteiger charge is -2.01. The minimum Gasteiger partial charge on any atom is -0.351 e. The van der Waals surface area contributed by atoms with Gasteiger partial charge < -0.3 is 5.32 Å². The third kappa shape index (κ3) is 3.74. The summed E-state index contributed by atoms with van der Waals surface area (Å²) in [5, 5.41) is 8.52. The Balaban J connectivity index is 1.56. The van der Waals surface area contributed by atoms with Crippen molar-refractivity contribution < 1.29 is 4.79 Å². The van der Waals surface area contributed by atoms with E-state index in [1.54, 1.807) is 11.3 Å². The zero-order chi connectivity index (χ0) is 15.4. The smallest absolute Gasteiger partial charge is 0.261 e. The van der Waals surface area contributed by atoms with Crippen molar-refractivity contribution in [1.82, 2.24) is 10.3 Å². The minimum absolute atomic E-state index is 0.0249. The Bertz CT molecular complexity index is 751. The first kappa shape index (κ1) is 15.2. The SMILES string of the molecule is O=C(NCCc1csc(-c2ccc(Cl)cc2)n1)c1cccs1. The molecule has 0 atom stereocenters. The molecule has 0 aliphatic carbocycles. The van der Waals surface area contributed by atoms with Crippen molar-refractivity contribution in [3.05, 3.63) is 62.8 Å². The molecule has 0 saturated carbocycles. The number of benzene rings is 1. The predicted molar refractivity (Wildman–Crippen MR) is 92.9 cm³/mol. The van der Waals surface area contributed by atoms with Gasteiger partial charge in [-0.05, 0) is 23.6 Å². The number of amides is 1. The summed E-state index contributed by atoms with van der Waals surface area (Å²) in [5.41, 5.74) is 2.05. The second-order valence-electron chi connectivity index (χ2n) is 4.63. The van der Waals surface area contributed by atoms with Gasteiger partial charge in [0.2, 0.25) is 0 Å². The molecule has 2 aromatic heterocycles. The Morgan fingerprint density at radius 1 is 1.18 bits per heavy atom. The zero-order valence-electron chi connectivity index (χ0n) is 11.6. The van der Waals surface area contributed by atoms with Crippen LogP contribution in [-0.2, 0) is 6.42 Å². The molecular formula is C16H13ClN2OS2.